The Morgan fingerprint density at radius 2 is 1.79 bits per heavy atom. The van der Waals surface area contributed by atoms with Crippen molar-refractivity contribution in [1.82, 2.24) is 14.5 Å². The molecule has 0 radical (unpaired) electrons. The smallest absolute Gasteiger partial charge is 0.203 e. The van der Waals surface area contributed by atoms with E-state index in [9.17, 15) is 9.90 Å². The predicted molar refractivity (Wildman–Crippen MR) is 138 cm³/mol. The van der Waals surface area contributed by atoms with Gasteiger partial charge in [0, 0.05) is 26.7 Å². The molecule has 0 atom stereocenters. The van der Waals surface area contributed by atoms with Crippen molar-refractivity contribution in [3.8, 4) is 17.1 Å². The molecule has 2 heterocycles. The summed E-state index contributed by atoms with van der Waals surface area (Å²) in [6.45, 7) is 13.1. The molecule has 2 aromatic carbocycles. The molecule has 0 bridgehead atoms. The van der Waals surface area contributed by atoms with Gasteiger partial charge in [0.25, 0.3) is 0 Å². The molecule has 180 valence electrons. The van der Waals surface area contributed by atoms with E-state index in [-0.39, 0.29) is 11.2 Å². The van der Waals surface area contributed by atoms with Gasteiger partial charge in [0.15, 0.2) is 0 Å². The highest BCUT2D eigenvalue weighted by Crippen LogP contribution is 2.33. The van der Waals surface area contributed by atoms with Crippen LogP contribution in [0.15, 0.2) is 45.8 Å². The quantitative estimate of drug-likeness (QED) is 0.363. The summed E-state index contributed by atoms with van der Waals surface area (Å²) in [6, 6.07) is 9.59. The molecule has 6 heteroatoms. The van der Waals surface area contributed by atoms with Crippen molar-refractivity contribution in [3.63, 3.8) is 0 Å². The fraction of sp³-hybridized carbons (Fsp3) is 0.429. The first-order valence-electron chi connectivity index (χ1n) is 12.1. The minimum absolute atomic E-state index is 0.130. The highest BCUT2D eigenvalue weighted by molar-refractivity contribution is 5.87. The number of hydrogen-bond acceptors (Lipinski definition) is 5. The molecule has 1 N–H and O–H groups in total. The van der Waals surface area contributed by atoms with Crippen LogP contribution in [0.25, 0.3) is 33.4 Å². The molecule has 2 aromatic heterocycles. The number of rotatable bonds is 8. The van der Waals surface area contributed by atoms with Crippen LogP contribution in [0.5, 0.6) is 5.75 Å². The summed E-state index contributed by atoms with van der Waals surface area (Å²) in [7, 11) is 1.91. The van der Waals surface area contributed by atoms with Crippen LogP contribution in [-0.2, 0) is 20.0 Å². The molecular formula is C28H35N3O3. The van der Waals surface area contributed by atoms with Crippen molar-refractivity contribution in [2.45, 2.75) is 47.6 Å². The number of fused-ring (bicyclic) bond motifs is 2. The Morgan fingerprint density at radius 3 is 2.41 bits per heavy atom. The zero-order valence-electron chi connectivity index (χ0n) is 21.1. The lowest BCUT2D eigenvalue weighted by Crippen LogP contribution is -2.31. The molecule has 0 aliphatic rings. The third-order valence-electron chi connectivity index (χ3n) is 6.25. The third kappa shape index (κ3) is 4.47. The second-order valence-corrected chi connectivity index (χ2v) is 10.0. The highest BCUT2D eigenvalue weighted by atomic mass is 16.3. The monoisotopic (exact) mass is 461 g/mol. The van der Waals surface area contributed by atoms with Crippen LogP contribution in [0.1, 0.15) is 45.7 Å². The summed E-state index contributed by atoms with van der Waals surface area (Å²) < 4.78 is 8.03. The van der Waals surface area contributed by atoms with Crippen molar-refractivity contribution in [1.29, 1.82) is 0 Å². The lowest BCUT2D eigenvalue weighted by atomic mass is 10.00. The van der Waals surface area contributed by atoms with E-state index in [1.807, 2.05) is 42.8 Å². The van der Waals surface area contributed by atoms with Crippen LogP contribution in [-0.4, -0.2) is 32.6 Å². The maximum atomic E-state index is 13.7. The number of aryl methyl sites for hydroxylation is 2. The number of imidazole rings is 1. The summed E-state index contributed by atoms with van der Waals surface area (Å²) in [4.78, 5) is 20.8. The molecule has 0 saturated heterocycles. The molecule has 0 unspecified atom stereocenters. The van der Waals surface area contributed by atoms with Crippen LogP contribution >= 0.6 is 0 Å². The van der Waals surface area contributed by atoms with Crippen LogP contribution in [0.4, 0.5) is 0 Å². The zero-order chi connectivity index (χ0) is 24.6. The maximum Gasteiger partial charge on any atom is 0.203 e. The maximum absolute atomic E-state index is 13.7. The van der Waals surface area contributed by atoms with Gasteiger partial charge in [-0.1, -0.05) is 46.8 Å². The minimum Gasteiger partial charge on any atom is -0.507 e. The van der Waals surface area contributed by atoms with Gasteiger partial charge in [0.1, 0.15) is 29.0 Å². The molecule has 0 fully saturated rings. The highest BCUT2D eigenvalue weighted by Gasteiger charge is 2.22. The Balaban J connectivity index is 1.89. The van der Waals surface area contributed by atoms with Crippen molar-refractivity contribution in [3.05, 3.63) is 57.9 Å². The van der Waals surface area contributed by atoms with Gasteiger partial charge in [-0.25, -0.2) is 4.98 Å². The van der Waals surface area contributed by atoms with Crippen molar-refractivity contribution >= 4 is 22.0 Å². The molecule has 4 aromatic rings. The summed E-state index contributed by atoms with van der Waals surface area (Å²) in [5.41, 5.74) is 3.98. The second kappa shape index (κ2) is 9.63. The number of phenolic OH excluding ortho intramolecular Hbond substituents is 1. The summed E-state index contributed by atoms with van der Waals surface area (Å²) in [6.07, 6.45) is 2.12. The Morgan fingerprint density at radius 1 is 1.12 bits per heavy atom. The number of nitrogens with zero attached hydrogens (tertiary/aromatic N) is 3. The first-order valence-corrected chi connectivity index (χ1v) is 12.1. The number of phenols is 1. The second-order valence-electron chi connectivity index (χ2n) is 10.0. The standard InChI is InChI=1S/C28H35N3O3/c1-7-19-12-20-26(33)22(28-29-23-10-8-9-11-24(23)30(28)6)16-34-27(20)21(25(19)32)15-31(13-17(2)3)14-18(4)5/h8-12,16-18,32H,7,13-15H2,1-6H3. The number of aromatic nitrogens is 2. The van der Waals surface area contributed by atoms with Crippen LogP contribution in [0.3, 0.4) is 0 Å². The van der Waals surface area contributed by atoms with E-state index in [2.05, 4.69) is 32.6 Å². The molecule has 0 saturated carbocycles. The van der Waals surface area contributed by atoms with E-state index < -0.39 is 0 Å². The number of aromatic hydroxyl groups is 1. The van der Waals surface area contributed by atoms with E-state index >= 15 is 0 Å². The average Bonchev–Trinajstić information content (AvgIpc) is 3.11. The van der Waals surface area contributed by atoms with Gasteiger partial charge in [-0.2, -0.15) is 0 Å². The minimum atomic E-state index is -0.130. The van der Waals surface area contributed by atoms with Gasteiger partial charge in [-0.15, -0.1) is 0 Å². The lowest BCUT2D eigenvalue weighted by Gasteiger charge is -2.27. The predicted octanol–water partition coefficient (Wildman–Crippen LogP) is 5.73. The first-order chi connectivity index (χ1) is 16.2. The molecule has 0 aliphatic carbocycles. The van der Waals surface area contributed by atoms with Gasteiger partial charge in [0.2, 0.25) is 5.43 Å². The molecule has 0 spiro atoms. The summed E-state index contributed by atoms with van der Waals surface area (Å²) >= 11 is 0. The lowest BCUT2D eigenvalue weighted by molar-refractivity contribution is 0.209. The van der Waals surface area contributed by atoms with Crippen LogP contribution in [0.2, 0.25) is 0 Å². The van der Waals surface area contributed by atoms with Gasteiger partial charge in [-0.05, 0) is 42.0 Å². The normalized spacial score (nSPS) is 12.1. The van der Waals surface area contributed by atoms with Crippen molar-refractivity contribution < 1.29 is 9.52 Å². The first kappa shape index (κ1) is 24.0. The van der Waals surface area contributed by atoms with E-state index in [1.54, 1.807) is 6.07 Å². The topological polar surface area (TPSA) is 71.5 Å². The number of hydrogen-bond donors (Lipinski definition) is 1. The number of benzene rings is 2. The van der Waals surface area contributed by atoms with Gasteiger partial charge >= 0.3 is 0 Å². The third-order valence-corrected chi connectivity index (χ3v) is 6.25. The molecule has 6 nitrogen and oxygen atoms in total. The van der Waals surface area contributed by atoms with Gasteiger partial charge < -0.3 is 14.1 Å². The Bertz CT molecular complexity index is 1370. The van der Waals surface area contributed by atoms with E-state index in [1.165, 1.54) is 6.26 Å². The molecule has 0 aliphatic heterocycles. The van der Waals surface area contributed by atoms with Gasteiger partial charge in [0.05, 0.1) is 22.0 Å². The number of para-hydroxylation sites is 2. The van der Waals surface area contributed by atoms with Crippen molar-refractivity contribution in [2.24, 2.45) is 18.9 Å². The van der Waals surface area contributed by atoms with Crippen LogP contribution in [0, 0.1) is 11.8 Å². The zero-order valence-corrected chi connectivity index (χ0v) is 21.1. The van der Waals surface area contributed by atoms with Crippen LogP contribution < -0.4 is 5.43 Å². The Labute approximate surface area is 200 Å². The SMILES string of the molecule is CCc1cc2c(=O)c(-c3nc4ccccc4n3C)coc2c(CN(CC(C)C)CC(C)C)c1O. The van der Waals surface area contributed by atoms with E-state index in [4.69, 9.17) is 9.40 Å². The summed E-state index contributed by atoms with van der Waals surface area (Å²) in [5, 5.41) is 11.6. The van der Waals surface area contributed by atoms with E-state index in [0.29, 0.717) is 52.7 Å². The van der Waals surface area contributed by atoms with Gasteiger partial charge in [-0.3, -0.25) is 9.69 Å². The molecule has 4 rings (SSSR count). The molecular weight excluding hydrogens is 426 g/mol. The van der Waals surface area contributed by atoms with E-state index in [0.717, 1.165) is 29.7 Å². The molecule has 0 amide bonds. The summed E-state index contributed by atoms with van der Waals surface area (Å²) in [5.74, 6) is 1.77. The Hall–Kier alpha value is -3.12. The fourth-order valence-corrected chi connectivity index (χ4v) is 4.81. The van der Waals surface area contributed by atoms with Crippen molar-refractivity contribution in [2.75, 3.05) is 13.1 Å². The molecule has 34 heavy (non-hydrogen) atoms. The fourth-order valence-electron chi connectivity index (χ4n) is 4.81. The average molecular weight is 462 g/mol. The Kier molecular flexibility index (Phi) is 6.80. The largest absolute Gasteiger partial charge is 0.507 e.